The van der Waals surface area contributed by atoms with Crippen molar-refractivity contribution in [2.45, 2.75) is 13.5 Å². The standard InChI is InChI=1S/C9H10ClN5/c1-6-14-7(10)4-8(15-6)13-5-9-11-2-3-12-9/h2-4H,5H2,1H3,(H,11,12)(H,13,14,15). The summed E-state index contributed by atoms with van der Waals surface area (Å²) in [6.07, 6.45) is 3.48. The zero-order chi connectivity index (χ0) is 10.7. The molecule has 0 aliphatic rings. The summed E-state index contributed by atoms with van der Waals surface area (Å²) in [5.74, 6) is 2.19. The van der Waals surface area contributed by atoms with Crippen LogP contribution in [-0.4, -0.2) is 19.9 Å². The lowest BCUT2D eigenvalue weighted by Crippen LogP contribution is -2.04. The highest BCUT2D eigenvalue weighted by Gasteiger charge is 2.00. The highest BCUT2D eigenvalue weighted by molar-refractivity contribution is 6.29. The molecular weight excluding hydrogens is 214 g/mol. The molecule has 0 aliphatic heterocycles. The number of aryl methyl sites for hydroxylation is 1. The van der Waals surface area contributed by atoms with Crippen LogP contribution in [0.15, 0.2) is 18.5 Å². The third kappa shape index (κ3) is 2.66. The summed E-state index contributed by atoms with van der Waals surface area (Å²) in [6, 6.07) is 1.68. The number of hydrogen-bond acceptors (Lipinski definition) is 4. The topological polar surface area (TPSA) is 66.5 Å². The fourth-order valence-corrected chi connectivity index (χ4v) is 1.42. The lowest BCUT2D eigenvalue weighted by atomic mass is 10.5. The van der Waals surface area contributed by atoms with Crippen molar-refractivity contribution >= 4 is 17.4 Å². The lowest BCUT2D eigenvalue weighted by molar-refractivity contribution is 0.968. The molecule has 0 bridgehead atoms. The summed E-state index contributed by atoms with van der Waals surface area (Å²) in [5.41, 5.74) is 0. The summed E-state index contributed by atoms with van der Waals surface area (Å²) in [7, 11) is 0. The Kier molecular flexibility index (Phi) is 2.82. The van der Waals surface area contributed by atoms with Crippen molar-refractivity contribution in [2.75, 3.05) is 5.32 Å². The number of anilines is 1. The molecule has 2 heterocycles. The Balaban J connectivity index is 2.05. The third-order valence-corrected chi connectivity index (χ3v) is 1.99. The van der Waals surface area contributed by atoms with E-state index in [1.807, 2.05) is 0 Å². The van der Waals surface area contributed by atoms with Gasteiger partial charge in [0, 0.05) is 18.5 Å². The van der Waals surface area contributed by atoms with Gasteiger partial charge in [0.1, 0.15) is 22.6 Å². The van der Waals surface area contributed by atoms with E-state index in [1.54, 1.807) is 25.4 Å². The summed E-state index contributed by atoms with van der Waals surface area (Å²) >= 11 is 5.80. The lowest BCUT2D eigenvalue weighted by Gasteiger charge is -2.04. The SMILES string of the molecule is Cc1nc(Cl)cc(NCc2ncc[nH]2)n1. The van der Waals surface area contributed by atoms with Gasteiger partial charge in [-0.25, -0.2) is 15.0 Å². The number of aromatic amines is 1. The number of H-pyrrole nitrogens is 1. The number of rotatable bonds is 3. The van der Waals surface area contributed by atoms with Crippen LogP contribution < -0.4 is 5.32 Å². The average molecular weight is 224 g/mol. The second kappa shape index (κ2) is 4.27. The van der Waals surface area contributed by atoms with E-state index in [2.05, 4.69) is 25.3 Å². The highest BCUT2D eigenvalue weighted by Crippen LogP contribution is 2.11. The number of nitrogens with zero attached hydrogens (tertiary/aromatic N) is 3. The maximum absolute atomic E-state index is 5.80. The van der Waals surface area contributed by atoms with Crippen LogP contribution in [0.4, 0.5) is 5.82 Å². The molecule has 0 atom stereocenters. The fraction of sp³-hybridized carbons (Fsp3) is 0.222. The van der Waals surface area contributed by atoms with Gasteiger partial charge in [0.05, 0.1) is 6.54 Å². The maximum Gasteiger partial charge on any atom is 0.134 e. The maximum atomic E-state index is 5.80. The second-order valence-electron chi connectivity index (χ2n) is 3.01. The molecule has 0 fully saturated rings. The number of halogens is 1. The molecule has 0 spiro atoms. The minimum absolute atomic E-state index is 0.435. The molecule has 0 amide bonds. The second-order valence-corrected chi connectivity index (χ2v) is 3.40. The van der Waals surface area contributed by atoms with Crippen LogP contribution in [0, 0.1) is 6.92 Å². The van der Waals surface area contributed by atoms with Gasteiger partial charge in [0.15, 0.2) is 0 Å². The van der Waals surface area contributed by atoms with Crippen molar-refractivity contribution in [3.63, 3.8) is 0 Å². The first-order valence-electron chi connectivity index (χ1n) is 4.47. The van der Waals surface area contributed by atoms with Crippen LogP contribution in [0.2, 0.25) is 5.15 Å². The molecule has 2 aromatic rings. The Morgan fingerprint density at radius 3 is 3.00 bits per heavy atom. The van der Waals surface area contributed by atoms with Gasteiger partial charge >= 0.3 is 0 Å². The molecule has 0 unspecified atom stereocenters. The van der Waals surface area contributed by atoms with Crippen molar-refractivity contribution in [2.24, 2.45) is 0 Å². The summed E-state index contributed by atoms with van der Waals surface area (Å²) in [5, 5.41) is 3.53. The normalized spacial score (nSPS) is 10.3. The molecule has 0 saturated carbocycles. The van der Waals surface area contributed by atoms with E-state index in [1.165, 1.54) is 0 Å². The zero-order valence-electron chi connectivity index (χ0n) is 8.16. The largest absolute Gasteiger partial charge is 0.363 e. The summed E-state index contributed by atoms with van der Waals surface area (Å²) < 4.78 is 0. The van der Waals surface area contributed by atoms with Gasteiger partial charge in [-0.1, -0.05) is 11.6 Å². The third-order valence-electron chi connectivity index (χ3n) is 1.80. The molecule has 2 aromatic heterocycles. The van der Waals surface area contributed by atoms with Gasteiger partial charge in [-0.2, -0.15) is 0 Å². The Bertz CT molecular complexity index is 420. The van der Waals surface area contributed by atoms with Crippen molar-refractivity contribution in [3.05, 3.63) is 35.3 Å². The van der Waals surface area contributed by atoms with Gasteiger partial charge in [-0.05, 0) is 6.92 Å². The Labute approximate surface area is 91.9 Å². The first kappa shape index (κ1) is 9.92. The molecule has 5 nitrogen and oxygen atoms in total. The van der Waals surface area contributed by atoms with Crippen molar-refractivity contribution in [1.29, 1.82) is 0 Å². The molecule has 15 heavy (non-hydrogen) atoms. The van der Waals surface area contributed by atoms with Gasteiger partial charge in [0.25, 0.3) is 0 Å². The molecule has 2 rings (SSSR count). The first-order chi connectivity index (χ1) is 7.24. The van der Waals surface area contributed by atoms with Crippen molar-refractivity contribution in [1.82, 2.24) is 19.9 Å². The molecule has 2 N–H and O–H groups in total. The van der Waals surface area contributed by atoms with Crippen LogP contribution in [0.25, 0.3) is 0 Å². The average Bonchev–Trinajstić information content (AvgIpc) is 2.65. The molecule has 0 aliphatic carbocycles. The minimum atomic E-state index is 0.435. The zero-order valence-corrected chi connectivity index (χ0v) is 8.91. The summed E-state index contributed by atoms with van der Waals surface area (Å²) in [4.78, 5) is 15.2. The smallest absolute Gasteiger partial charge is 0.134 e. The van der Waals surface area contributed by atoms with E-state index in [9.17, 15) is 0 Å². The van der Waals surface area contributed by atoms with E-state index in [-0.39, 0.29) is 0 Å². The van der Waals surface area contributed by atoms with Crippen LogP contribution in [0.3, 0.4) is 0 Å². The van der Waals surface area contributed by atoms with Crippen molar-refractivity contribution in [3.8, 4) is 0 Å². The number of nitrogens with one attached hydrogen (secondary N) is 2. The monoisotopic (exact) mass is 223 g/mol. The van der Waals surface area contributed by atoms with E-state index < -0.39 is 0 Å². The fourth-order valence-electron chi connectivity index (χ4n) is 1.19. The Morgan fingerprint density at radius 2 is 2.33 bits per heavy atom. The molecule has 78 valence electrons. The van der Waals surface area contributed by atoms with Crippen molar-refractivity contribution < 1.29 is 0 Å². The van der Waals surface area contributed by atoms with Crippen LogP contribution in [0.5, 0.6) is 0 Å². The highest BCUT2D eigenvalue weighted by atomic mass is 35.5. The van der Waals surface area contributed by atoms with Gasteiger partial charge in [-0.3, -0.25) is 0 Å². The van der Waals surface area contributed by atoms with Gasteiger partial charge in [0.2, 0.25) is 0 Å². The molecule has 0 saturated heterocycles. The van der Waals surface area contributed by atoms with Gasteiger partial charge < -0.3 is 10.3 Å². The predicted octanol–water partition coefficient (Wildman–Crippen LogP) is 1.77. The van der Waals surface area contributed by atoms with Gasteiger partial charge in [-0.15, -0.1) is 0 Å². The summed E-state index contributed by atoms with van der Waals surface area (Å²) in [6.45, 7) is 2.38. The first-order valence-corrected chi connectivity index (χ1v) is 4.85. The number of imidazole rings is 1. The van der Waals surface area contributed by atoms with Crippen LogP contribution in [-0.2, 0) is 6.54 Å². The minimum Gasteiger partial charge on any atom is -0.363 e. The molecular formula is C9H10ClN5. The quantitative estimate of drug-likeness (QED) is 0.779. The Morgan fingerprint density at radius 1 is 1.47 bits per heavy atom. The molecule has 0 aromatic carbocycles. The van der Waals surface area contributed by atoms with E-state index in [0.717, 1.165) is 5.82 Å². The predicted molar refractivity (Wildman–Crippen MR) is 57.7 cm³/mol. The Hall–Kier alpha value is -1.62. The number of aromatic nitrogens is 4. The van der Waals surface area contributed by atoms with E-state index in [4.69, 9.17) is 11.6 Å². The van der Waals surface area contributed by atoms with E-state index >= 15 is 0 Å². The van der Waals surface area contributed by atoms with E-state index in [0.29, 0.717) is 23.3 Å². The number of hydrogen-bond donors (Lipinski definition) is 2. The van der Waals surface area contributed by atoms with Crippen LogP contribution >= 0.6 is 11.6 Å². The molecule has 0 radical (unpaired) electrons. The van der Waals surface area contributed by atoms with Crippen LogP contribution in [0.1, 0.15) is 11.6 Å². The molecule has 6 heteroatoms.